The van der Waals surface area contributed by atoms with Gasteiger partial charge in [0.25, 0.3) is 5.56 Å². The Morgan fingerprint density at radius 1 is 1.50 bits per heavy atom. The summed E-state index contributed by atoms with van der Waals surface area (Å²) in [4.78, 5) is 40.1. The lowest BCUT2D eigenvalue weighted by atomic mass is 9.98. The molecule has 2 aromatic heterocycles. The molecule has 9 heteroatoms. The molecule has 2 heterocycles. The maximum atomic E-state index is 12.2. The zero-order valence-corrected chi connectivity index (χ0v) is 14.3. The van der Waals surface area contributed by atoms with E-state index in [2.05, 4.69) is 10.3 Å². The second-order valence-electron chi connectivity index (χ2n) is 5.74. The third kappa shape index (κ3) is 4.39. The highest BCUT2D eigenvalue weighted by Crippen LogP contribution is 2.14. The van der Waals surface area contributed by atoms with Crippen molar-refractivity contribution < 1.29 is 19.4 Å². The molecule has 0 fully saturated rings. The molecule has 0 spiro atoms. The molecule has 2 rings (SSSR count). The zero-order chi connectivity index (χ0) is 17.7. The number of hydrogen-bond acceptors (Lipinski definition) is 6. The molecule has 1 amide bonds. The highest BCUT2D eigenvalue weighted by Gasteiger charge is 2.29. The molecule has 2 aromatic rings. The van der Waals surface area contributed by atoms with Crippen molar-refractivity contribution in [1.29, 1.82) is 0 Å². The Morgan fingerprint density at radius 2 is 2.25 bits per heavy atom. The van der Waals surface area contributed by atoms with Crippen molar-refractivity contribution in [2.45, 2.75) is 31.8 Å². The Morgan fingerprint density at radius 3 is 2.92 bits per heavy atom. The summed E-state index contributed by atoms with van der Waals surface area (Å²) in [5.74, 6) is -1.38. The van der Waals surface area contributed by atoms with Crippen LogP contribution in [0.3, 0.4) is 0 Å². The topological polar surface area (TPSA) is 111 Å². The predicted octanol–water partition coefficient (Wildman–Crippen LogP) is 0.844. The number of fused-ring (bicyclic) bond motifs is 1. The van der Waals surface area contributed by atoms with Gasteiger partial charge in [-0.1, -0.05) is 0 Å². The van der Waals surface area contributed by atoms with Crippen LogP contribution in [0.1, 0.15) is 19.8 Å². The number of aryl methyl sites for hydroxylation is 1. The maximum Gasteiger partial charge on any atom is 0.305 e. The molecule has 1 unspecified atom stereocenters. The Labute approximate surface area is 142 Å². The van der Waals surface area contributed by atoms with Gasteiger partial charge in [-0.25, -0.2) is 4.98 Å². The van der Waals surface area contributed by atoms with Gasteiger partial charge in [-0.3, -0.25) is 19.0 Å². The van der Waals surface area contributed by atoms with E-state index in [0.29, 0.717) is 10.2 Å². The SMILES string of the molecule is COCC(C)(CC(=O)O)NC(=O)CCn1cnc2sccc2c1=O. The van der Waals surface area contributed by atoms with Crippen LogP contribution in [0.2, 0.25) is 0 Å². The first-order valence-corrected chi connectivity index (χ1v) is 8.17. The summed E-state index contributed by atoms with van der Waals surface area (Å²) < 4.78 is 6.36. The van der Waals surface area contributed by atoms with Gasteiger partial charge in [0.1, 0.15) is 4.83 Å². The van der Waals surface area contributed by atoms with Gasteiger partial charge in [-0.05, 0) is 18.4 Å². The van der Waals surface area contributed by atoms with Crippen LogP contribution in [0.4, 0.5) is 0 Å². The number of thiophene rings is 1. The van der Waals surface area contributed by atoms with E-state index in [4.69, 9.17) is 9.84 Å². The molecule has 8 nitrogen and oxygen atoms in total. The van der Waals surface area contributed by atoms with Crippen LogP contribution in [-0.4, -0.2) is 45.8 Å². The van der Waals surface area contributed by atoms with Crippen LogP contribution < -0.4 is 10.9 Å². The van der Waals surface area contributed by atoms with Crippen molar-refractivity contribution in [3.05, 3.63) is 28.1 Å². The van der Waals surface area contributed by atoms with E-state index in [1.165, 1.54) is 29.3 Å². The van der Waals surface area contributed by atoms with Crippen molar-refractivity contribution in [3.63, 3.8) is 0 Å². The van der Waals surface area contributed by atoms with Crippen LogP contribution >= 0.6 is 11.3 Å². The summed E-state index contributed by atoms with van der Waals surface area (Å²) >= 11 is 1.38. The summed E-state index contributed by atoms with van der Waals surface area (Å²) in [6.07, 6.45) is 1.20. The van der Waals surface area contributed by atoms with Crippen molar-refractivity contribution in [2.24, 2.45) is 0 Å². The Kier molecular flexibility index (Phi) is 5.68. The molecular formula is C15H19N3O5S. The third-order valence-electron chi connectivity index (χ3n) is 3.48. The van der Waals surface area contributed by atoms with Gasteiger partial charge in [0.2, 0.25) is 5.91 Å². The summed E-state index contributed by atoms with van der Waals surface area (Å²) in [7, 11) is 1.44. The third-order valence-corrected chi connectivity index (χ3v) is 4.30. The fourth-order valence-corrected chi connectivity index (χ4v) is 3.18. The Bertz CT molecular complexity index is 800. The minimum Gasteiger partial charge on any atom is -0.481 e. The van der Waals surface area contributed by atoms with Crippen LogP contribution in [0.25, 0.3) is 10.2 Å². The van der Waals surface area contributed by atoms with Crippen LogP contribution in [0.15, 0.2) is 22.6 Å². The van der Waals surface area contributed by atoms with E-state index in [1.54, 1.807) is 18.4 Å². The first-order valence-electron chi connectivity index (χ1n) is 7.29. The van der Waals surface area contributed by atoms with E-state index >= 15 is 0 Å². The van der Waals surface area contributed by atoms with Gasteiger partial charge >= 0.3 is 5.97 Å². The number of hydrogen-bond donors (Lipinski definition) is 2. The average molecular weight is 353 g/mol. The van der Waals surface area contributed by atoms with Gasteiger partial charge < -0.3 is 15.2 Å². The van der Waals surface area contributed by atoms with Gasteiger partial charge in [0, 0.05) is 20.1 Å². The van der Waals surface area contributed by atoms with E-state index in [-0.39, 0.29) is 37.5 Å². The number of carbonyl (C=O) groups is 2. The molecular weight excluding hydrogens is 334 g/mol. The number of nitrogens with zero attached hydrogens (tertiary/aromatic N) is 2. The van der Waals surface area contributed by atoms with Crippen molar-refractivity contribution in [3.8, 4) is 0 Å². The highest BCUT2D eigenvalue weighted by molar-refractivity contribution is 7.16. The second kappa shape index (κ2) is 7.54. The lowest BCUT2D eigenvalue weighted by Crippen LogP contribution is -2.51. The first kappa shape index (κ1) is 18.1. The molecule has 1 atom stereocenters. The number of carboxylic acids is 1. The highest BCUT2D eigenvalue weighted by atomic mass is 32.1. The number of carbonyl (C=O) groups excluding carboxylic acids is 1. The maximum absolute atomic E-state index is 12.2. The fourth-order valence-electron chi connectivity index (χ4n) is 2.46. The number of nitrogens with one attached hydrogen (secondary N) is 1. The van der Waals surface area contributed by atoms with Gasteiger partial charge in [0.05, 0.1) is 30.3 Å². The predicted molar refractivity (Wildman–Crippen MR) is 89.2 cm³/mol. The summed E-state index contributed by atoms with van der Waals surface area (Å²) in [5.41, 5.74) is -1.20. The van der Waals surface area contributed by atoms with Crippen LogP contribution in [0, 0.1) is 0 Å². The van der Waals surface area contributed by atoms with Gasteiger partial charge in [-0.15, -0.1) is 11.3 Å². The lowest BCUT2D eigenvalue weighted by Gasteiger charge is -2.28. The van der Waals surface area contributed by atoms with Crippen LogP contribution in [-0.2, 0) is 20.9 Å². The van der Waals surface area contributed by atoms with Crippen molar-refractivity contribution >= 4 is 33.4 Å². The molecule has 0 saturated carbocycles. The molecule has 0 aliphatic rings. The number of aromatic nitrogens is 2. The molecule has 24 heavy (non-hydrogen) atoms. The molecule has 0 radical (unpaired) electrons. The van der Waals surface area contributed by atoms with Crippen molar-refractivity contribution in [1.82, 2.24) is 14.9 Å². The first-order chi connectivity index (χ1) is 11.3. The number of amides is 1. The molecule has 0 saturated heterocycles. The molecule has 130 valence electrons. The molecule has 0 bridgehead atoms. The van der Waals surface area contributed by atoms with Crippen molar-refractivity contribution in [2.75, 3.05) is 13.7 Å². The van der Waals surface area contributed by atoms with E-state index < -0.39 is 11.5 Å². The Hall–Kier alpha value is -2.26. The monoisotopic (exact) mass is 353 g/mol. The number of ether oxygens (including phenoxy) is 1. The summed E-state index contributed by atoms with van der Waals surface area (Å²) in [5, 5.41) is 13.9. The van der Waals surface area contributed by atoms with E-state index in [9.17, 15) is 14.4 Å². The minimum absolute atomic E-state index is 0.0379. The summed E-state index contributed by atoms with van der Waals surface area (Å²) in [6, 6.07) is 1.70. The Balaban J connectivity index is 2.02. The molecule has 0 aliphatic carbocycles. The number of carboxylic acid groups (broad SMARTS) is 1. The molecule has 0 aromatic carbocycles. The minimum atomic E-state index is -1.03. The van der Waals surface area contributed by atoms with Gasteiger partial charge in [-0.2, -0.15) is 0 Å². The molecule has 2 N–H and O–H groups in total. The average Bonchev–Trinajstić information content (AvgIpc) is 2.95. The normalized spacial score (nSPS) is 13.6. The summed E-state index contributed by atoms with van der Waals surface area (Å²) in [6.45, 7) is 1.85. The second-order valence-corrected chi connectivity index (χ2v) is 6.64. The van der Waals surface area contributed by atoms with Gasteiger partial charge in [0.15, 0.2) is 0 Å². The largest absolute Gasteiger partial charge is 0.481 e. The molecule has 0 aliphatic heterocycles. The standard InChI is InChI=1S/C15H19N3O5S/c1-15(8-23-2,7-12(20)21)17-11(19)3-5-18-9-16-13-10(14(18)22)4-6-24-13/h4,6,9H,3,5,7-8H2,1-2H3,(H,17,19)(H,20,21). The van der Waals surface area contributed by atoms with Crippen LogP contribution in [0.5, 0.6) is 0 Å². The smallest absolute Gasteiger partial charge is 0.305 e. The van der Waals surface area contributed by atoms with E-state index in [0.717, 1.165) is 0 Å². The zero-order valence-electron chi connectivity index (χ0n) is 13.4. The quantitative estimate of drug-likeness (QED) is 0.728. The number of rotatable bonds is 8. The fraction of sp³-hybridized carbons (Fsp3) is 0.467. The van der Waals surface area contributed by atoms with E-state index in [1.807, 2.05) is 0 Å². The number of methoxy groups -OCH3 is 1. The lowest BCUT2D eigenvalue weighted by molar-refractivity contribution is -0.139. The number of aliphatic carboxylic acids is 1.